The van der Waals surface area contributed by atoms with Gasteiger partial charge in [-0.25, -0.2) is 35.4 Å². The number of hydrogen-bond acceptors (Lipinski definition) is 8. The Morgan fingerprint density at radius 1 is 1.09 bits per heavy atom. The summed E-state index contributed by atoms with van der Waals surface area (Å²) in [6.07, 6.45) is -2.36. The Balaban J connectivity index is 1.53. The minimum Gasteiger partial charge on any atom is -0.482 e. The van der Waals surface area contributed by atoms with Crippen LogP contribution < -0.4 is 14.8 Å². The molecular formula is C38H36F6N8O4S. The molecule has 1 aliphatic rings. The third-order valence-electron chi connectivity index (χ3n) is 8.81. The average molecular weight is 815 g/mol. The molecule has 4 aromatic heterocycles. The van der Waals surface area contributed by atoms with Gasteiger partial charge < -0.3 is 10.1 Å². The molecule has 1 amide bonds. The minimum atomic E-state index is -3.85. The normalized spacial score (nSPS) is 15.5. The summed E-state index contributed by atoms with van der Waals surface area (Å²) in [5.74, 6) is -1.65. The summed E-state index contributed by atoms with van der Waals surface area (Å²) in [5.41, 5.74) is -1.72. The van der Waals surface area contributed by atoms with E-state index in [1.165, 1.54) is 17.6 Å². The van der Waals surface area contributed by atoms with E-state index < -0.39 is 87.2 Å². The number of halogens is 6. The van der Waals surface area contributed by atoms with Crippen LogP contribution >= 0.6 is 0 Å². The van der Waals surface area contributed by atoms with E-state index in [-0.39, 0.29) is 52.0 Å². The molecular weight excluding hydrogens is 779 g/mol. The van der Waals surface area contributed by atoms with Crippen molar-refractivity contribution < 1.29 is 44.3 Å². The quantitative estimate of drug-likeness (QED) is 0.0791. The molecule has 57 heavy (non-hydrogen) atoms. The lowest BCUT2D eigenvalue weighted by Crippen LogP contribution is -2.35. The summed E-state index contributed by atoms with van der Waals surface area (Å²) < 4.78 is 122. The zero-order valence-electron chi connectivity index (χ0n) is 31.2. The van der Waals surface area contributed by atoms with Crippen LogP contribution in [0.25, 0.3) is 16.8 Å². The number of fused-ring (bicyclic) bond motifs is 2. The molecule has 0 fully saturated rings. The molecule has 0 aliphatic heterocycles. The van der Waals surface area contributed by atoms with Gasteiger partial charge in [-0.3, -0.25) is 14.2 Å². The fourth-order valence-corrected chi connectivity index (χ4v) is 7.08. The highest BCUT2D eigenvalue weighted by Crippen LogP contribution is 2.51. The summed E-state index contributed by atoms with van der Waals surface area (Å²) in [5, 5.41) is 14.6. The number of anilines is 1. The van der Waals surface area contributed by atoms with E-state index in [0.717, 1.165) is 24.5 Å². The van der Waals surface area contributed by atoms with Crippen LogP contribution in [-0.4, -0.2) is 57.1 Å². The van der Waals surface area contributed by atoms with E-state index in [9.17, 15) is 30.8 Å². The maximum atomic E-state index is 15.3. The number of aromatic nitrogens is 6. The number of rotatable bonds is 12. The van der Waals surface area contributed by atoms with Crippen molar-refractivity contribution in [3.63, 3.8) is 0 Å². The first-order valence-corrected chi connectivity index (χ1v) is 19.2. The zero-order chi connectivity index (χ0) is 41.6. The lowest BCUT2D eigenvalue weighted by atomic mass is 9.94. The van der Waals surface area contributed by atoms with Gasteiger partial charge in [0.1, 0.15) is 35.3 Å². The molecule has 4 heterocycles. The van der Waals surface area contributed by atoms with E-state index in [1.807, 2.05) is 20.8 Å². The Hall–Kier alpha value is -5.90. The fourth-order valence-electron chi connectivity index (χ4n) is 6.62. The molecule has 0 unspecified atom stereocenters. The topological polar surface area (TPSA) is 145 Å². The number of carbonyl (C=O) groups excluding carboxylic acids is 1. The minimum absolute atomic E-state index is 0.0532. The maximum absolute atomic E-state index is 15.3. The Bertz CT molecular complexity index is 2550. The first kappa shape index (κ1) is 40.8. The van der Waals surface area contributed by atoms with Crippen molar-refractivity contribution in [2.45, 2.75) is 64.5 Å². The number of benzene rings is 1. The lowest BCUT2D eigenvalue weighted by molar-refractivity contribution is -0.122. The second-order valence-corrected chi connectivity index (χ2v) is 16.2. The SMILES string of the molecule is C=C[C@H]1CC(F)(F)c2c1c(C(F)F)nn2CC(=O)N[C@@H](Cc1cc(F)cc(F)c1)c1nc(C#CC(C)(C)C)ccc1-c1ccc(OC)n2c(NS(C)(=O)=O)nnc12. The number of sulfonamides is 1. The van der Waals surface area contributed by atoms with Gasteiger partial charge in [0.05, 0.1) is 25.1 Å². The van der Waals surface area contributed by atoms with Gasteiger partial charge >= 0.3 is 0 Å². The average Bonchev–Trinajstić information content (AvgIpc) is 3.77. The number of amides is 1. The molecule has 300 valence electrons. The number of nitrogens with zero attached hydrogens (tertiary/aromatic N) is 6. The molecule has 0 saturated carbocycles. The summed E-state index contributed by atoms with van der Waals surface area (Å²) in [4.78, 5) is 18.7. The largest absolute Gasteiger partial charge is 0.482 e. The number of hydrogen-bond donors (Lipinski definition) is 2. The molecule has 12 nitrogen and oxygen atoms in total. The Morgan fingerprint density at radius 3 is 2.39 bits per heavy atom. The first-order chi connectivity index (χ1) is 26.7. The smallest absolute Gasteiger partial charge is 0.290 e. The molecule has 6 rings (SSSR count). The standard InChI is InChI=1S/C38H36F6N8O4S/c1-7-21-18-38(43,44)33-30(21)32(34(41)42)49-51(33)19-28(53)46-27(16-20-14-22(39)17-23(40)15-20)31-25(9-8-24(45-31)12-13-37(2,3)4)26-10-11-29(56-5)52-35(26)47-48-36(52)50-57(6,54)55/h7-11,14-15,17,21,27,34H,1,16,18-19H2,2-6H3,(H,46,53)(H,48,50)/t21-,27-/m0/s1. The Labute approximate surface area is 323 Å². The van der Waals surface area contributed by atoms with E-state index in [0.29, 0.717) is 10.7 Å². The van der Waals surface area contributed by atoms with Crippen LogP contribution in [-0.2, 0) is 33.7 Å². The van der Waals surface area contributed by atoms with Gasteiger partial charge in [0.15, 0.2) is 5.65 Å². The Morgan fingerprint density at radius 2 is 1.77 bits per heavy atom. The highest BCUT2D eigenvalue weighted by molar-refractivity contribution is 7.92. The molecule has 1 aliphatic carbocycles. The predicted octanol–water partition coefficient (Wildman–Crippen LogP) is 6.85. The van der Waals surface area contributed by atoms with Crippen LogP contribution in [0, 0.1) is 28.9 Å². The van der Waals surface area contributed by atoms with Gasteiger partial charge in [-0.15, -0.1) is 16.8 Å². The predicted molar refractivity (Wildman–Crippen MR) is 197 cm³/mol. The highest BCUT2D eigenvalue weighted by Gasteiger charge is 2.50. The number of methoxy groups -OCH3 is 1. The monoisotopic (exact) mass is 814 g/mol. The van der Waals surface area contributed by atoms with Gasteiger partial charge in [0, 0.05) is 40.5 Å². The van der Waals surface area contributed by atoms with Crippen molar-refractivity contribution >= 4 is 27.5 Å². The third-order valence-corrected chi connectivity index (χ3v) is 9.36. The van der Waals surface area contributed by atoms with Crippen LogP contribution in [0.15, 0.2) is 55.1 Å². The van der Waals surface area contributed by atoms with Crippen LogP contribution in [0.5, 0.6) is 5.88 Å². The summed E-state index contributed by atoms with van der Waals surface area (Å²) in [7, 11) is -2.51. The molecule has 5 aromatic rings. The van der Waals surface area contributed by atoms with Crippen LogP contribution in [0.1, 0.15) is 79.5 Å². The second-order valence-electron chi connectivity index (χ2n) is 14.4. The number of ether oxygens (including phenoxy) is 1. The number of carbonyl (C=O) groups is 1. The number of alkyl halides is 4. The van der Waals surface area contributed by atoms with Crippen molar-refractivity contribution in [2.24, 2.45) is 5.41 Å². The lowest BCUT2D eigenvalue weighted by Gasteiger charge is -2.23. The molecule has 1 aromatic carbocycles. The molecule has 0 bridgehead atoms. The van der Waals surface area contributed by atoms with Gasteiger partial charge in [-0.1, -0.05) is 12.0 Å². The van der Waals surface area contributed by atoms with Crippen molar-refractivity contribution in [1.82, 2.24) is 34.7 Å². The zero-order valence-corrected chi connectivity index (χ0v) is 32.0. The van der Waals surface area contributed by atoms with Crippen LogP contribution in [0.3, 0.4) is 0 Å². The number of allylic oxidation sites excluding steroid dienone is 1. The van der Waals surface area contributed by atoms with Crippen molar-refractivity contribution in [1.29, 1.82) is 0 Å². The van der Waals surface area contributed by atoms with Gasteiger partial charge in [-0.2, -0.15) is 13.9 Å². The van der Waals surface area contributed by atoms with Crippen LogP contribution in [0.4, 0.5) is 32.3 Å². The van der Waals surface area contributed by atoms with Crippen molar-refractivity contribution in [3.8, 4) is 28.8 Å². The first-order valence-electron chi connectivity index (χ1n) is 17.3. The highest BCUT2D eigenvalue weighted by atomic mass is 32.2. The molecule has 2 atom stereocenters. The van der Waals surface area contributed by atoms with Gasteiger partial charge in [-0.05, 0) is 75.1 Å². The molecule has 19 heteroatoms. The summed E-state index contributed by atoms with van der Waals surface area (Å²) in [6.45, 7) is 8.15. The van der Waals surface area contributed by atoms with Crippen molar-refractivity contribution in [2.75, 3.05) is 18.1 Å². The molecule has 0 spiro atoms. The van der Waals surface area contributed by atoms with Crippen LogP contribution in [0.2, 0.25) is 0 Å². The third kappa shape index (κ3) is 8.75. The van der Waals surface area contributed by atoms with Gasteiger partial charge in [0.25, 0.3) is 12.3 Å². The number of nitrogens with one attached hydrogen (secondary N) is 2. The van der Waals surface area contributed by atoms with Crippen molar-refractivity contribution in [3.05, 3.63) is 101 Å². The fraction of sp³-hybridized carbons (Fsp3) is 0.342. The second kappa shape index (κ2) is 15.2. The summed E-state index contributed by atoms with van der Waals surface area (Å²) in [6, 6.07) is 7.62. The van der Waals surface area contributed by atoms with E-state index in [1.54, 1.807) is 18.2 Å². The van der Waals surface area contributed by atoms with Gasteiger partial charge in [0.2, 0.25) is 27.8 Å². The summed E-state index contributed by atoms with van der Waals surface area (Å²) >= 11 is 0. The van der Waals surface area contributed by atoms with E-state index >= 15 is 8.78 Å². The van der Waals surface area contributed by atoms with E-state index in [4.69, 9.17) is 9.72 Å². The Kier molecular flexibility index (Phi) is 10.9. The molecule has 0 radical (unpaired) electrons. The number of pyridine rings is 2. The molecule has 2 N–H and O–H groups in total. The van der Waals surface area contributed by atoms with E-state index in [2.05, 4.69) is 43.8 Å². The molecule has 0 saturated heterocycles. The maximum Gasteiger partial charge on any atom is 0.290 e.